The summed E-state index contributed by atoms with van der Waals surface area (Å²) in [4.78, 5) is 41.8. The van der Waals surface area contributed by atoms with Crippen LogP contribution in [0.25, 0.3) is 16.9 Å². The van der Waals surface area contributed by atoms with E-state index in [1.807, 2.05) is 6.07 Å². The quantitative estimate of drug-likeness (QED) is 0.408. The standard InChI is InChI=1S/C25H21BN2O6/c26-7-10-3-13(9-28-8-10)14-1-2-16(29)20-15(14)5-11-4-12-6-17(30)21(25(27)34)24(33)19(12)22(31)18(11)23(20)32/h1-3,8-9,11-12,19,29,32-33H,4-7H2,(H2,27,34). The van der Waals surface area contributed by atoms with Crippen LogP contribution in [0.15, 0.2) is 47.5 Å². The number of rotatable bonds is 3. The average molecular weight is 456 g/mol. The summed E-state index contributed by atoms with van der Waals surface area (Å²) in [6.45, 7) is 0. The van der Waals surface area contributed by atoms with Crippen LogP contribution in [0.3, 0.4) is 0 Å². The molecule has 8 nitrogen and oxygen atoms in total. The number of carbonyl (C=O) groups excluding carboxylic acids is 3. The third-order valence-corrected chi connectivity index (χ3v) is 7.11. The second-order valence-corrected chi connectivity index (χ2v) is 9.02. The topological polar surface area (TPSA) is 151 Å². The minimum Gasteiger partial charge on any atom is -0.511 e. The number of nitrogens with two attached hydrogens (primary N) is 1. The first kappa shape index (κ1) is 21.9. The van der Waals surface area contributed by atoms with Gasteiger partial charge in [0.1, 0.15) is 22.8 Å². The summed E-state index contributed by atoms with van der Waals surface area (Å²) in [6.07, 6.45) is 4.21. The van der Waals surface area contributed by atoms with E-state index in [-0.39, 0.29) is 29.1 Å². The van der Waals surface area contributed by atoms with Crippen LogP contribution in [0, 0.1) is 17.8 Å². The molecule has 170 valence electrons. The van der Waals surface area contributed by atoms with Crippen LogP contribution in [-0.2, 0) is 27.1 Å². The molecule has 0 spiro atoms. The number of nitrogens with zero attached hydrogens (tertiary/aromatic N) is 1. The number of phenols is 1. The Balaban J connectivity index is 1.67. The largest absolute Gasteiger partial charge is 0.511 e. The molecule has 1 amide bonds. The Bertz CT molecular complexity index is 1340. The van der Waals surface area contributed by atoms with Crippen molar-refractivity contribution in [1.82, 2.24) is 4.98 Å². The molecule has 0 aliphatic heterocycles. The fourth-order valence-electron chi connectivity index (χ4n) is 5.66. The number of hydrogen-bond acceptors (Lipinski definition) is 7. The van der Waals surface area contributed by atoms with Gasteiger partial charge in [0.2, 0.25) is 0 Å². The second kappa shape index (κ2) is 7.86. The Morgan fingerprint density at radius 1 is 1.15 bits per heavy atom. The van der Waals surface area contributed by atoms with Gasteiger partial charge in [-0.15, -0.1) is 0 Å². The lowest BCUT2D eigenvalue weighted by Crippen LogP contribution is -2.44. The van der Waals surface area contributed by atoms with Gasteiger partial charge in [-0.2, -0.15) is 0 Å². The van der Waals surface area contributed by atoms with E-state index in [0.717, 1.165) is 16.7 Å². The molecule has 0 bridgehead atoms. The zero-order chi connectivity index (χ0) is 24.3. The number of aliphatic hydroxyl groups is 2. The summed E-state index contributed by atoms with van der Waals surface area (Å²) >= 11 is 0. The fraction of sp³-hybridized carbons (Fsp3) is 0.280. The Morgan fingerprint density at radius 3 is 2.62 bits per heavy atom. The van der Waals surface area contributed by atoms with Crippen molar-refractivity contribution in [3.05, 3.63) is 64.2 Å². The Labute approximate surface area is 196 Å². The summed E-state index contributed by atoms with van der Waals surface area (Å²) in [5, 5.41) is 32.4. The Morgan fingerprint density at radius 2 is 1.91 bits per heavy atom. The molecule has 0 saturated heterocycles. The number of allylic oxidation sites excluding steroid dienone is 2. The highest BCUT2D eigenvalue weighted by atomic mass is 16.3. The molecule has 2 aromatic rings. The first-order chi connectivity index (χ1) is 16.2. The molecule has 3 unspecified atom stereocenters. The minimum absolute atomic E-state index is 0.0831. The van der Waals surface area contributed by atoms with Crippen molar-refractivity contribution in [3.8, 4) is 16.9 Å². The third-order valence-electron chi connectivity index (χ3n) is 7.11. The molecule has 5 rings (SSSR count). The van der Waals surface area contributed by atoms with Crippen molar-refractivity contribution in [2.45, 2.75) is 25.6 Å². The van der Waals surface area contributed by atoms with Crippen LogP contribution in [0.5, 0.6) is 5.75 Å². The number of benzene rings is 1. The molecule has 5 N–H and O–H groups in total. The van der Waals surface area contributed by atoms with Crippen molar-refractivity contribution in [2.24, 2.45) is 23.5 Å². The van der Waals surface area contributed by atoms with Gasteiger partial charge in [-0.3, -0.25) is 19.4 Å². The average Bonchev–Trinajstić information content (AvgIpc) is 2.78. The lowest BCUT2D eigenvalue weighted by molar-refractivity contribution is -0.127. The number of Topliss-reactive ketones (excluding diaryl/α,β-unsaturated/α-hetero) is 2. The van der Waals surface area contributed by atoms with E-state index < -0.39 is 46.6 Å². The molecule has 3 atom stereocenters. The smallest absolute Gasteiger partial charge is 0.255 e. The summed E-state index contributed by atoms with van der Waals surface area (Å²) in [7, 11) is 5.75. The van der Waals surface area contributed by atoms with Gasteiger partial charge in [-0.05, 0) is 53.5 Å². The molecule has 1 aromatic heterocycles. The molecule has 1 saturated carbocycles. The number of aliphatic hydroxyl groups excluding tert-OH is 2. The third kappa shape index (κ3) is 3.14. The zero-order valence-electron chi connectivity index (χ0n) is 18.1. The number of carbonyl (C=O) groups is 3. The van der Waals surface area contributed by atoms with E-state index in [4.69, 9.17) is 13.6 Å². The van der Waals surface area contributed by atoms with Gasteiger partial charge in [0.15, 0.2) is 11.6 Å². The van der Waals surface area contributed by atoms with Gasteiger partial charge in [0.05, 0.1) is 19.3 Å². The molecular formula is C25H21BN2O6. The summed E-state index contributed by atoms with van der Waals surface area (Å²) in [5.74, 6) is -5.49. The highest BCUT2D eigenvalue weighted by Crippen LogP contribution is 2.51. The van der Waals surface area contributed by atoms with Gasteiger partial charge < -0.3 is 21.1 Å². The maximum atomic E-state index is 13.5. The summed E-state index contributed by atoms with van der Waals surface area (Å²) in [6, 6.07) is 5.05. The van der Waals surface area contributed by atoms with Crippen molar-refractivity contribution in [3.63, 3.8) is 0 Å². The molecule has 1 aromatic carbocycles. The van der Waals surface area contributed by atoms with E-state index in [0.29, 0.717) is 24.7 Å². The summed E-state index contributed by atoms with van der Waals surface area (Å²) < 4.78 is 0. The number of primary amides is 1. The number of amides is 1. The molecule has 1 heterocycles. The van der Waals surface area contributed by atoms with Crippen molar-refractivity contribution in [2.75, 3.05) is 0 Å². The molecule has 3 aliphatic rings. The van der Waals surface area contributed by atoms with Gasteiger partial charge in [-0.25, -0.2) is 0 Å². The normalized spacial score (nSPS) is 23.9. The van der Waals surface area contributed by atoms with Gasteiger partial charge in [-0.1, -0.05) is 12.4 Å². The highest BCUT2D eigenvalue weighted by Gasteiger charge is 2.50. The van der Waals surface area contributed by atoms with E-state index in [1.54, 1.807) is 18.5 Å². The van der Waals surface area contributed by atoms with E-state index in [9.17, 15) is 29.7 Å². The molecule has 3 aliphatic carbocycles. The number of aromatic hydroxyl groups is 1. The first-order valence-corrected chi connectivity index (χ1v) is 11.0. The van der Waals surface area contributed by atoms with Crippen molar-refractivity contribution >= 4 is 31.1 Å². The SMILES string of the molecule is [B]Cc1cncc(-c2ccc(O)c3c2CC2CC4CC(=O)C(C(N)=O)=C(O)C4C(=O)C2=C3O)c1. The summed E-state index contributed by atoms with van der Waals surface area (Å²) in [5.41, 5.74) is 7.92. The minimum atomic E-state index is -1.13. The maximum absolute atomic E-state index is 13.5. The first-order valence-electron chi connectivity index (χ1n) is 11.0. The zero-order valence-corrected chi connectivity index (χ0v) is 18.1. The van der Waals surface area contributed by atoms with Crippen molar-refractivity contribution in [1.29, 1.82) is 0 Å². The van der Waals surface area contributed by atoms with E-state index >= 15 is 0 Å². The number of hydrogen-bond donors (Lipinski definition) is 4. The second-order valence-electron chi connectivity index (χ2n) is 9.02. The fourth-order valence-corrected chi connectivity index (χ4v) is 5.66. The van der Waals surface area contributed by atoms with Crippen molar-refractivity contribution < 1.29 is 29.7 Å². The maximum Gasteiger partial charge on any atom is 0.255 e. The van der Waals surface area contributed by atoms with Crippen LogP contribution < -0.4 is 5.73 Å². The molecule has 34 heavy (non-hydrogen) atoms. The lowest BCUT2D eigenvalue weighted by atomic mass is 9.61. The number of aromatic nitrogens is 1. The van der Waals surface area contributed by atoms with Crippen LogP contribution >= 0.6 is 0 Å². The van der Waals surface area contributed by atoms with E-state index in [1.165, 1.54) is 6.07 Å². The number of ketones is 2. The van der Waals surface area contributed by atoms with Gasteiger partial charge in [0, 0.05) is 30.0 Å². The molecule has 2 radical (unpaired) electrons. The van der Waals surface area contributed by atoms with E-state index in [2.05, 4.69) is 4.98 Å². The van der Waals surface area contributed by atoms with Crippen LogP contribution in [0.4, 0.5) is 0 Å². The van der Waals surface area contributed by atoms with Gasteiger partial charge >= 0.3 is 0 Å². The van der Waals surface area contributed by atoms with Gasteiger partial charge in [0.25, 0.3) is 5.91 Å². The number of pyridine rings is 1. The van der Waals surface area contributed by atoms with Crippen LogP contribution in [0.2, 0.25) is 0 Å². The Kier molecular flexibility index (Phi) is 5.08. The lowest BCUT2D eigenvalue weighted by Gasteiger charge is -2.41. The van der Waals surface area contributed by atoms with Crippen LogP contribution in [-0.4, -0.2) is 45.6 Å². The Hall–Kier alpha value is -3.88. The predicted molar refractivity (Wildman–Crippen MR) is 123 cm³/mol. The molecule has 9 heteroatoms. The number of fused-ring (bicyclic) bond motifs is 3. The monoisotopic (exact) mass is 456 g/mol. The molecule has 1 fully saturated rings. The number of phenolic OH excluding ortho intramolecular Hbond substituents is 1. The molecular weight excluding hydrogens is 435 g/mol. The van der Waals surface area contributed by atoms with Crippen LogP contribution in [0.1, 0.15) is 29.5 Å². The highest BCUT2D eigenvalue weighted by molar-refractivity contribution is 6.21. The predicted octanol–water partition coefficient (Wildman–Crippen LogP) is 2.04.